The molecule has 6 nitrogen and oxygen atoms in total. The lowest BCUT2D eigenvalue weighted by molar-refractivity contribution is -0.386. The fourth-order valence-electron chi connectivity index (χ4n) is 3.30. The molecule has 2 fully saturated rings. The summed E-state index contributed by atoms with van der Waals surface area (Å²) in [5.41, 5.74) is 2.21. The predicted octanol–water partition coefficient (Wildman–Crippen LogP) is 2.02. The minimum absolute atomic E-state index is 0.181. The Morgan fingerprint density at radius 2 is 2.30 bits per heavy atom. The summed E-state index contributed by atoms with van der Waals surface area (Å²) in [4.78, 5) is 15.1. The van der Waals surface area contributed by atoms with Crippen molar-refractivity contribution in [3.63, 3.8) is 0 Å². The average molecular weight is 277 g/mol. The molecule has 1 N–H and O–H groups in total. The first kappa shape index (κ1) is 13.5. The molecule has 2 aliphatic heterocycles. The van der Waals surface area contributed by atoms with Crippen LogP contribution in [0.3, 0.4) is 0 Å². The summed E-state index contributed by atoms with van der Waals surface area (Å²) < 4.78 is 5.79. The van der Waals surface area contributed by atoms with Crippen LogP contribution in [0.2, 0.25) is 0 Å². The van der Waals surface area contributed by atoms with Crippen molar-refractivity contribution in [2.75, 3.05) is 0 Å². The van der Waals surface area contributed by atoms with E-state index in [2.05, 4.69) is 10.3 Å². The van der Waals surface area contributed by atoms with Crippen LogP contribution < -0.4 is 5.32 Å². The first-order chi connectivity index (χ1) is 9.56. The smallest absolute Gasteiger partial charge is 0.278 e. The zero-order chi connectivity index (χ0) is 14.3. The SMILES string of the molecule is Cc1cnc(CNC2CC3CCC2O3)c(C)c1[N+](=O)[O-]. The number of fused-ring (bicyclic) bond motifs is 2. The minimum Gasteiger partial charge on any atom is -0.373 e. The van der Waals surface area contributed by atoms with Crippen LogP contribution in [0.25, 0.3) is 0 Å². The van der Waals surface area contributed by atoms with Gasteiger partial charge < -0.3 is 10.1 Å². The van der Waals surface area contributed by atoms with Gasteiger partial charge in [0.05, 0.1) is 22.8 Å². The lowest BCUT2D eigenvalue weighted by Crippen LogP contribution is -2.37. The summed E-state index contributed by atoms with van der Waals surface area (Å²) in [6.45, 7) is 4.05. The zero-order valence-corrected chi connectivity index (χ0v) is 11.8. The van der Waals surface area contributed by atoms with Crippen LogP contribution in [-0.2, 0) is 11.3 Å². The third-order valence-corrected chi connectivity index (χ3v) is 4.40. The quantitative estimate of drug-likeness (QED) is 0.673. The Hall–Kier alpha value is -1.53. The zero-order valence-electron chi connectivity index (χ0n) is 11.8. The van der Waals surface area contributed by atoms with Gasteiger partial charge in [0, 0.05) is 29.9 Å². The van der Waals surface area contributed by atoms with Crippen LogP contribution >= 0.6 is 0 Å². The van der Waals surface area contributed by atoms with Crippen molar-refractivity contribution in [3.05, 3.63) is 33.1 Å². The fraction of sp³-hybridized carbons (Fsp3) is 0.643. The van der Waals surface area contributed by atoms with Gasteiger partial charge in [-0.05, 0) is 33.1 Å². The first-order valence-electron chi connectivity index (χ1n) is 7.04. The maximum Gasteiger partial charge on any atom is 0.278 e. The molecule has 6 heteroatoms. The van der Waals surface area contributed by atoms with E-state index in [0.29, 0.717) is 35.9 Å². The lowest BCUT2D eigenvalue weighted by atomic mass is 9.95. The van der Waals surface area contributed by atoms with E-state index in [1.54, 1.807) is 20.0 Å². The summed E-state index contributed by atoms with van der Waals surface area (Å²) in [6, 6.07) is 0.357. The van der Waals surface area contributed by atoms with Crippen molar-refractivity contribution in [1.29, 1.82) is 0 Å². The molecule has 1 aromatic heterocycles. The van der Waals surface area contributed by atoms with E-state index in [1.165, 1.54) is 0 Å². The molecule has 2 saturated heterocycles. The Morgan fingerprint density at radius 1 is 1.50 bits per heavy atom. The fourth-order valence-corrected chi connectivity index (χ4v) is 3.30. The van der Waals surface area contributed by atoms with Crippen LogP contribution in [0.5, 0.6) is 0 Å². The molecule has 0 aliphatic carbocycles. The molecule has 3 heterocycles. The molecular weight excluding hydrogens is 258 g/mol. The summed E-state index contributed by atoms with van der Waals surface area (Å²) in [5, 5.41) is 14.5. The second kappa shape index (κ2) is 5.10. The van der Waals surface area contributed by atoms with Crippen LogP contribution in [0.15, 0.2) is 6.20 Å². The Labute approximate surface area is 117 Å². The molecular formula is C14H19N3O3. The molecule has 3 unspecified atom stereocenters. The Morgan fingerprint density at radius 3 is 2.90 bits per heavy atom. The molecule has 3 atom stereocenters. The van der Waals surface area contributed by atoms with E-state index < -0.39 is 0 Å². The highest BCUT2D eigenvalue weighted by Gasteiger charge is 2.40. The van der Waals surface area contributed by atoms with E-state index in [9.17, 15) is 10.1 Å². The number of hydrogen-bond acceptors (Lipinski definition) is 5. The topological polar surface area (TPSA) is 77.3 Å². The number of nitrogens with zero attached hydrogens (tertiary/aromatic N) is 2. The third kappa shape index (κ3) is 2.29. The molecule has 2 bridgehead atoms. The molecule has 0 spiro atoms. The Bertz CT molecular complexity index is 547. The molecule has 2 aliphatic rings. The Balaban J connectivity index is 1.72. The van der Waals surface area contributed by atoms with Gasteiger partial charge in [-0.3, -0.25) is 15.1 Å². The van der Waals surface area contributed by atoms with Crippen molar-refractivity contribution >= 4 is 5.69 Å². The monoisotopic (exact) mass is 277 g/mol. The van der Waals surface area contributed by atoms with E-state index in [-0.39, 0.29) is 10.6 Å². The molecule has 0 amide bonds. The van der Waals surface area contributed by atoms with Gasteiger partial charge >= 0.3 is 0 Å². The number of rotatable bonds is 4. The Kier molecular flexibility index (Phi) is 3.43. The second-order valence-electron chi connectivity index (χ2n) is 5.72. The highest BCUT2D eigenvalue weighted by molar-refractivity contribution is 5.47. The standard InChI is InChI=1S/C14H19N3O3/c1-8-6-15-12(9(2)14(8)17(18)19)7-16-11-5-10-3-4-13(11)20-10/h6,10-11,13,16H,3-5,7H2,1-2H3. The van der Waals surface area contributed by atoms with Gasteiger partial charge in [-0.15, -0.1) is 0 Å². The molecule has 3 rings (SSSR count). The van der Waals surface area contributed by atoms with Crippen molar-refractivity contribution in [2.24, 2.45) is 0 Å². The maximum atomic E-state index is 11.1. The van der Waals surface area contributed by atoms with Gasteiger partial charge in [0.2, 0.25) is 0 Å². The van der Waals surface area contributed by atoms with Crippen molar-refractivity contribution in [2.45, 2.75) is 57.9 Å². The molecule has 0 radical (unpaired) electrons. The van der Waals surface area contributed by atoms with Crippen LogP contribution in [0, 0.1) is 24.0 Å². The molecule has 0 aromatic carbocycles. The summed E-state index contributed by atoms with van der Waals surface area (Å²) in [7, 11) is 0. The van der Waals surface area contributed by atoms with Gasteiger partial charge in [0.1, 0.15) is 0 Å². The van der Waals surface area contributed by atoms with Gasteiger partial charge in [-0.2, -0.15) is 0 Å². The normalized spacial score (nSPS) is 28.0. The largest absolute Gasteiger partial charge is 0.373 e. The lowest BCUT2D eigenvalue weighted by Gasteiger charge is -2.20. The minimum atomic E-state index is -0.323. The number of aromatic nitrogens is 1. The maximum absolute atomic E-state index is 11.1. The number of ether oxygens (including phenoxy) is 1. The molecule has 0 saturated carbocycles. The van der Waals surface area contributed by atoms with Crippen molar-refractivity contribution in [3.8, 4) is 0 Å². The summed E-state index contributed by atoms with van der Waals surface area (Å²) in [5.74, 6) is 0. The number of nitrogens with one attached hydrogen (secondary N) is 1. The van der Waals surface area contributed by atoms with E-state index in [1.807, 2.05) is 0 Å². The highest BCUT2D eigenvalue weighted by atomic mass is 16.6. The van der Waals surface area contributed by atoms with Gasteiger partial charge in [0.25, 0.3) is 5.69 Å². The van der Waals surface area contributed by atoms with Crippen molar-refractivity contribution in [1.82, 2.24) is 10.3 Å². The third-order valence-electron chi connectivity index (χ3n) is 4.40. The highest BCUT2D eigenvalue weighted by Crippen LogP contribution is 2.34. The number of aryl methyl sites for hydroxylation is 1. The molecule has 1 aromatic rings. The number of nitro groups is 1. The van der Waals surface area contributed by atoms with E-state index in [0.717, 1.165) is 25.0 Å². The summed E-state index contributed by atoms with van der Waals surface area (Å²) >= 11 is 0. The number of pyridine rings is 1. The average Bonchev–Trinajstić information content (AvgIpc) is 2.99. The van der Waals surface area contributed by atoms with Crippen molar-refractivity contribution < 1.29 is 9.66 Å². The number of hydrogen-bond donors (Lipinski definition) is 1. The first-order valence-corrected chi connectivity index (χ1v) is 7.04. The van der Waals surface area contributed by atoms with Crippen LogP contribution in [0.4, 0.5) is 5.69 Å². The van der Waals surface area contributed by atoms with E-state index >= 15 is 0 Å². The summed E-state index contributed by atoms with van der Waals surface area (Å²) in [6.07, 6.45) is 5.61. The molecule has 20 heavy (non-hydrogen) atoms. The second-order valence-corrected chi connectivity index (χ2v) is 5.72. The van der Waals surface area contributed by atoms with E-state index in [4.69, 9.17) is 4.74 Å². The predicted molar refractivity (Wildman–Crippen MR) is 73.5 cm³/mol. The molecule has 108 valence electrons. The van der Waals surface area contributed by atoms with Gasteiger partial charge in [-0.25, -0.2) is 0 Å². The van der Waals surface area contributed by atoms with Gasteiger partial charge in [0.15, 0.2) is 0 Å². The van der Waals surface area contributed by atoms with Crippen LogP contribution in [-0.4, -0.2) is 28.2 Å². The van der Waals surface area contributed by atoms with Crippen LogP contribution in [0.1, 0.15) is 36.1 Å². The van der Waals surface area contributed by atoms with Gasteiger partial charge in [-0.1, -0.05) is 0 Å².